The Bertz CT molecular complexity index is 1140. The first-order valence-electron chi connectivity index (χ1n) is 9.69. The van der Waals surface area contributed by atoms with Crippen LogP contribution in [0.25, 0.3) is 22.8 Å². The molecular formula is C21H19ClN6O. The van der Waals surface area contributed by atoms with E-state index < -0.39 is 0 Å². The maximum Gasteiger partial charge on any atom is 0.247 e. The zero-order chi connectivity index (χ0) is 19.8. The van der Waals surface area contributed by atoms with Gasteiger partial charge in [0.15, 0.2) is 5.82 Å². The highest BCUT2D eigenvalue weighted by Crippen LogP contribution is 2.42. The van der Waals surface area contributed by atoms with Crippen molar-refractivity contribution in [1.82, 2.24) is 29.9 Å². The summed E-state index contributed by atoms with van der Waals surface area (Å²) in [4.78, 5) is 4.10. The standard InChI is InChI=1S/C21H19ClN6O/c1-2-17(21-27-26-20(29-21)14-4-3-5-15(22)12-14)19-25-24-18(28(19)16-6-7-16)13-8-10-23-11-9-13/h3-5,8-12,16-17H,2,6-7H2,1H3. The van der Waals surface area contributed by atoms with Crippen molar-refractivity contribution in [3.05, 3.63) is 65.5 Å². The van der Waals surface area contributed by atoms with E-state index in [-0.39, 0.29) is 5.92 Å². The molecule has 1 aromatic carbocycles. The summed E-state index contributed by atoms with van der Waals surface area (Å²) in [6, 6.07) is 11.7. The molecule has 1 aliphatic carbocycles. The van der Waals surface area contributed by atoms with Gasteiger partial charge in [-0.15, -0.1) is 20.4 Å². The smallest absolute Gasteiger partial charge is 0.247 e. The Hall–Kier alpha value is -3.06. The second-order valence-electron chi connectivity index (χ2n) is 7.14. The van der Waals surface area contributed by atoms with E-state index in [9.17, 15) is 0 Å². The van der Waals surface area contributed by atoms with E-state index in [0.29, 0.717) is 22.8 Å². The van der Waals surface area contributed by atoms with E-state index in [2.05, 4.69) is 36.9 Å². The second kappa shape index (κ2) is 7.40. The molecular weight excluding hydrogens is 388 g/mol. The van der Waals surface area contributed by atoms with Gasteiger partial charge in [-0.25, -0.2) is 0 Å². The molecule has 0 spiro atoms. The van der Waals surface area contributed by atoms with Gasteiger partial charge in [0.1, 0.15) is 5.82 Å². The lowest BCUT2D eigenvalue weighted by atomic mass is 10.1. The molecule has 1 aliphatic rings. The van der Waals surface area contributed by atoms with Crippen LogP contribution in [0.1, 0.15) is 49.9 Å². The summed E-state index contributed by atoms with van der Waals surface area (Å²) < 4.78 is 8.26. The van der Waals surface area contributed by atoms with Crippen LogP contribution in [-0.4, -0.2) is 29.9 Å². The molecule has 0 bridgehead atoms. The van der Waals surface area contributed by atoms with Crippen LogP contribution in [0.4, 0.5) is 0 Å². The predicted octanol–water partition coefficient (Wildman–Crippen LogP) is 4.92. The van der Waals surface area contributed by atoms with Gasteiger partial charge in [0.25, 0.3) is 0 Å². The van der Waals surface area contributed by atoms with E-state index in [1.54, 1.807) is 12.4 Å². The Morgan fingerprint density at radius 2 is 1.90 bits per heavy atom. The Labute approximate surface area is 172 Å². The van der Waals surface area contributed by atoms with Gasteiger partial charge in [-0.3, -0.25) is 4.98 Å². The SMILES string of the molecule is CCC(c1nnc(-c2cccc(Cl)c2)o1)c1nnc(-c2ccncc2)n1C1CC1. The lowest BCUT2D eigenvalue weighted by Crippen LogP contribution is -2.10. The topological polar surface area (TPSA) is 82.5 Å². The summed E-state index contributed by atoms with van der Waals surface area (Å²) in [5.41, 5.74) is 1.80. The first kappa shape index (κ1) is 18.0. The van der Waals surface area contributed by atoms with Crippen LogP contribution in [0.5, 0.6) is 0 Å². The molecule has 5 rings (SSSR count). The summed E-state index contributed by atoms with van der Waals surface area (Å²) in [7, 11) is 0. The Kier molecular flexibility index (Phi) is 4.60. The molecule has 0 amide bonds. The van der Waals surface area contributed by atoms with Crippen LogP contribution in [0.15, 0.2) is 53.2 Å². The van der Waals surface area contributed by atoms with Crippen molar-refractivity contribution < 1.29 is 4.42 Å². The van der Waals surface area contributed by atoms with Gasteiger partial charge in [0.05, 0.1) is 5.92 Å². The van der Waals surface area contributed by atoms with Gasteiger partial charge >= 0.3 is 0 Å². The highest BCUT2D eigenvalue weighted by Gasteiger charge is 2.34. The van der Waals surface area contributed by atoms with Gasteiger partial charge in [-0.1, -0.05) is 24.6 Å². The van der Waals surface area contributed by atoms with Crippen molar-refractivity contribution in [2.75, 3.05) is 0 Å². The molecule has 1 unspecified atom stereocenters. The zero-order valence-electron chi connectivity index (χ0n) is 15.9. The molecule has 0 radical (unpaired) electrons. The molecule has 1 fully saturated rings. The number of halogens is 1. The first-order valence-corrected chi connectivity index (χ1v) is 10.1. The molecule has 4 aromatic rings. The predicted molar refractivity (Wildman–Crippen MR) is 108 cm³/mol. The first-order chi connectivity index (χ1) is 14.2. The minimum atomic E-state index is -0.126. The fourth-order valence-electron chi connectivity index (χ4n) is 3.51. The number of benzene rings is 1. The van der Waals surface area contributed by atoms with Gasteiger partial charge in [0, 0.05) is 34.6 Å². The van der Waals surface area contributed by atoms with E-state index >= 15 is 0 Å². The summed E-state index contributed by atoms with van der Waals surface area (Å²) in [5.74, 6) is 2.59. The number of rotatable bonds is 6. The van der Waals surface area contributed by atoms with E-state index in [1.165, 1.54) is 0 Å². The summed E-state index contributed by atoms with van der Waals surface area (Å²) in [5, 5.41) is 18.2. The van der Waals surface area contributed by atoms with Crippen molar-refractivity contribution in [3.63, 3.8) is 0 Å². The molecule has 0 N–H and O–H groups in total. The van der Waals surface area contributed by atoms with E-state index in [0.717, 1.165) is 42.0 Å². The van der Waals surface area contributed by atoms with Crippen LogP contribution >= 0.6 is 11.6 Å². The highest BCUT2D eigenvalue weighted by molar-refractivity contribution is 6.30. The molecule has 1 saturated carbocycles. The third-order valence-electron chi connectivity index (χ3n) is 5.10. The van der Waals surface area contributed by atoms with Gasteiger partial charge in [-0.05, 0) is 49.6 Å². The molecule has 29 heavy (non-hydrogen) atoms. The average Bonchev–Trinajstić information content (AvgIpc) is 3.31. The summed E-state index contributed by atoms with van der Waals surface area (Å²) >= 11 is 6.09. The molecule has 3 heterocycles. The summed E-state index contributed by atoms with van der Waals surface area (Å²) in [6.07, 6.45) is 6.56. The maximum absolute atomic E-state index is 6.09. The molecule has 8 heteroatoms. The fraction of sp³-hybridized carbons (Fsp3) is 0.286. The largest absolute Gasteiger partial charge is 0.420 e. The zero-order valence-corrected chi connectivity index (χ0v) is 16.6. The molecule has 0 saturated heterocycles. The number of pyridine rings is 1. The Morgan fingerprint density at radius 3 is 2.62 bits per heavy atom. The molecule has 7 nitrogen and oxygen atoms in total. The minimum absolute atomic E-state index is 0.126. The maximum atomic E-state index is 6.09. The minimum Gasteiger partial charge on any atom is -0.420 e. The van der Waals surface area contributed by atoms with Crippen molar-refractivity contribution in [2.24, 2.45) is 0 Å². The van der Waals surface area contributed by atoms with Crippen LogP contribution in [0, 0.1) is 0 Å². The highest BCUT2D eigenvalue weighted by atomic mass is 35.5. The quantitative estimate of drug-likeness (QED) is 0.452. The van der Waals surface area contributed by atoms with Gasteiger partial charge in [-0.2, -0.15) is 0 Å². The normalized spacial score (nSPS) is 14.8. The third kappa shape index (κ3) is 3.42. The lowest BCUT2D eigenvalue weighted by molar-refractivity contribution is 0.455. The lowest BCUT2D eigenvalue weighted by Gasteiger charge is -2.14. The number of hydrogen-bond acceptors (Lipinski definition) is 6. The molecule has 0 aliphatic heterocycles. The Balaban J connectivity index is 1.54. The van der Waals surface area contributed by atoms with Crippen LogP contribution in [-0.2, 0) is 0 Å². The number of nitrogens with zero attached hydrogens (tertiary/aromatic N) is 6. The molecule has 1 atom stereocenters. The van der Waals surface area contributed by atoms with Crippen molar-refractivity contribution in [3.8, 4) is 22.8 Å². The Morgan fingerprint density at radius 1 is 1.07 bits per heavy atom. The van der Waals surface area contributed by atoms with Gasteiger partial charge < -0.3 is 8.98 Å². The van der Waals surface area contributed by atoms with Crippen LogP contribution in [0.3, 0.4) is 0 Å². The summed E-state index contributed by atoms with van der Waals surface area (Å²) in [6.45, 7) is 2.09. The second-order valence-corrected chi connectivity index (χ2v) is 7.57. The van der Waals surface area contributed by atoms with Gasteiger partial charge in [0.2, 0.25) is 11.8 Å². The average molecular weight is 407 g/mol. The van der Waals surface area contributed by atoms with Crippen molar-refractivity contribution in [1.29, 1.82) is 0 Å². The molecule has 146 valence electrons. The van der Waals surface area contributed by atoms with Crippen molar-refractivity contribution >= 4 is 11.6 Å². The van der Waals surface area contributed by atoms with E-state index in [1.807, 2.05) is 36.4 Å². The fourth-order valence-corrected chi connectivity index (χ4v) is 3.70. The third-order valence-corrected chi connectivity index (χ3v) is 5.34. The molecule has 3 aromatic heterocycles. The van der Waals surface area contributed by atoms with Crippen LogP contribution < -0.4 is 0 Å². The van der Waals surface area contributed by atoms with Crippen LogP contribution in [0.2, 0.25) is 5.02 Å². The number of aromatic nitrogens is 6. The number of hydrogen-bond donors (Lipinski definition) is 0. The van der Waals surface area contributed by atoms with Crippen molar-refractivity contribution in [2.45, 2.75) is 38.1 Å². The monoisotopic (exact) mass is 406 g/mol. The van der Waals surface area contributed by atoms with E-state index in [4.69, 9.17) is 16.0 Å².